The molecule has 0 aliphatic carbocycles. The van der Waals surface area contributed by atoms with Crippen LogP contribution in [0.15, 0.2) is 42.7 Å². The van der Waals surface area contributed by atoms with Crippen LogP contribution in [0, 0.1) is 0 Å². The normalized spacial score (nSPS) is 14.4. The van der Waals surface area contributed by atoms with Crippen molar-refractivity contribution in [1.82, 2.24) is 14.8 Å². The third-order valence-electron chi connectivity index (χ3n) is 3.87. The number of piperazine rings is 1. The molecular weight excluding hydrogens is 328 g/mol. The van der Waals surface area contributed by atoms with Crippen molar-refractivity contribution >= 4 is 35.3 Å². The molecule has 7 heteroatoms. The number of anilines is 2. The van der Waals surface area contributed by atoms with Crippen LogP contribution in [0.25, 0.3) is 0 Å². The van der Waals surface area contributed by atoms with Gasteiger partial charge in [0.2, 0.25) is 6.41 Å². The van der Waals surface area contributed by atoms with E-state index in [-0.39, 0.29) is 5.91 Å². The Morgan fingerprint density at radius 3 is 2.46 bits per heavy atom. The molecule has 1 aliphatic rings. The Kier molecular flexibility index (Phi) is 4.96. The van der Waals surface area contributed by atoms with Crippen molar-refractivity contribution in [2.75, 3.05) is 31.5 Å². The number of carbonyl (C=O) groups excluding carboxylic acids is 2. The first-order valence-electron chi connectivity index (χ1n) is 7.62. The van der Waals surface area contributed by atoms with Gasteiger partial charge < -0.3 is 15.1 Å². The molecule has 0 spiro atoms. The second kappa shape index (κ2) is 7.31. The summed E-state index contributed by atoms with van der Waals surface area (Å²) in [5.74, 6) is -0.0761. The largest absolute Gasteiger partial charge is 0.354 e. The van der Waals surface area contributed by atoms with Gasteiger partial charge in [-0.05, 0) is 30.3 Å². The number of halogens is 1. The van der Waals surface area contributed by atoms with Crippen LogP contribution in [0.1, 0.15) is 10.4 Å². The lowest BCUT2D eigenvalue weighted by atomic mass is 10.2. The Morgan fingerprint density at radius 2 is 1.79 bits per heavy atom. The van der Waals surface area contributed by atoms with Crippen molar-refractivity contribution in [2.45, 2.75) is 0 Å². The molecule has 1 aromatic carbocycles. The van der Waals surface area contributed by atoms with E-state index in [4.69, 9.17) is 11.6 Å². The van der Waals surface area contributed by atoms with E-state index in [0.717, 1.165) is 17.8 Å². The van der Waals surface area contributed by atoms with Gasteiger partial charge in [-0.2, -0.15) is 0 Å². The van der Waals surface area contributed by atoms with Crippen molar-refractivity contribution in [2.24, 2.45) is 0 Å². The fourth-order valence-corrected chi connectivity index (χ4v) is 2.66. The zero-order valence-corrected chi connectivity index (χ0v) is 13.7. The molecule has 1 fully saturated rings. The summed E-state index contributed by atoms with van der Waals surface area (Å²) in [5, 5.41) is 3.86. The molecule has 1 saturated heterocycles. The molecule has 1 aliphatic heterocycles. The maximum Gasteiger partial charge on any atom is 0.255 e. The molecule has 1 aromatic heterocycles. The fraction of sp³-hybridized carbons (Fsp3) is 0.235. The minimum absolute atomic E-state index is 0.0761. The van der Waals surface area contributed by atoms with Crippen LogP contribution in [0.4, 0.5) is 11.4 Å². The van der Waals surface area contributed by atoms with E-state index in [0.29, 0.717) is 36.8 Å². The number of aromatic nitrogens is 1. The average Bonchev–Trinajstić information content (AvgIpc) is 2.63. The molecule has 0 unspecified atom stereocenters. The fourth-order valence-electron chi connectivity index (χ4n) is 2.54. The summed E-state index contributed by atoms with van der Waals surface area (Å²) in [6.07, 6.45) is 4.04. The monoisotopic (exact) mass is 344 g/mol. The summed E-state index contributed by atoms with van der Waals surface area (Å²) < 4.78 is 0. The zero-order chi connectivity index (χ0) is 16.9. The van der Waals surface area contributed by atoms with Crippen molar-refractivity contribution in [3.05, 3.63) is 53.3 Å². The third kappa shape index (κ3) is 3.83. The summed E-state index contributed by atoms with van der Waals surface area (Å²) in [6.45, 7) is 2.19. The van der Waals surface area contributed by atoms with Gasteiger partial charge in [0.15, 0.2) is 0 Å². The van der Waals surface area contributed by atoms with Gasteiger partial charge in [-0.3, -0.25) is 14.6 Å². The summed E-state index contributed by atoms with van der Waals surface area (Å²) in [5.41, 5.74) is 2.12. The highest BCUT2D eigenvalue weighted by molar-refractivity contribution is 6.30. The van der Waals surface area contributed by atoms with E-state index >= 15 is 0 Å². The smallest absolute Gasteiger partial charge is 0.255 e. The second-order valence-electron chi connectivity index (χ2n) is 5.53. The lowest BCUT2D eigenvalue weighted by Crippen LogP contribution is -2.48. The molecule has 3 rings (SSSR count). The molecule has 2 heterocycles. The van der Waals surface area contributed by atoms with Crippen LogP contribution in [-0.2, 0) is 4.79 Å². The van der Waals surface area contributed by atoms with Crippen LogP contribution in [0.3, 0.4) is 0 Å². The Bertz CT molecular complexity index is 728. The maximum atomic E-state index is 12.6. The minimum atomic E-state index is -0.0761. The van der Waals surface area contributed by atoms with Gasteiger partial charge in [0.1, 0.15) is 0 Å². The van der Waals surface area contributed by atoms with E-state index in [9.17, 15) is 9.59 Å². The summed E-state index contributed by atoms with van der Waals surface area (Å²) >= 11 is 5.87. The minimum Gasteiger partial charge on any atom is -0.354 e. The van der Waals surface area contributed by atoms with Gasteiger partial charge >= 0.3 is 0 Å². The Hall–Kier alpha value is -2.60. The highest BCUT2D eigenvalue weighted by atomic mass is 35.5. The topological polar surface area (TPSA) is 65.5 Å². The number of hydrogen-bond acceptors (Lipinski definition) is 4. The number of nitrogens with zero attached hydrogens (tertiary/aromatic N) is 3. The molecular formula is C17H17ClN4O2. The standard InChI is InChI=1S/C17H17ClN4O2/c18-14-1-3-15(4-2-14)20-16-9-13(10-19-11-16)17(24)22-7-5-21(12-23)6-8-22/h1-4,9-12,20H,5-8H2. The van der Waals surface area contributed by atoms with E-state index in [2.05, 4.69) is 10.3 Å². The Balaban J connectivity index is 1.69. The van der Waals surface area contributed by atoms with Crippen molar-refractivity contribution in [3.63, 3.8) is 0 Å². The molecule has 2 amide bonds. The molecule has 124 valence electrons. The molecule has 6 nitrogen and oxygen atoms in total. The highest BCUT2D eigenvalue weighted by Crippen LogP contribution is 2.19. The van der Waals surface area contributed by atoms with Crippen molar-refractivity contribution in [1.29, 1.82) is 0 Å². The van der Waals surface area contributed by atoms with Crippen LogP contribution in [0.5, 0.6) is 0 Å². The predicted octanol–water partition coefficient (Wildman–Crippen LogP) is 2.39. The summed E-state index contributed by atoms with van der Waals surface area (Å²) in [6, 6.07) is 9.07. The number of hydrogen-bond donors (Lipinski definition) is 1. The summed E-state index contributed by atoms with van der Waals surface area (Å²) in [7, 11) is 0. The van der Waals surface area contributed by atoms with Gasteiger partial charge in [-0.1, -0.05) is 11.6 Å². The van der Waals surface area contributed by atoms with E-state index in [1.54, 1.807) is 40.4 Å². The SMILES string of the molecule is O=CN1CCN(C(=O)c2cncc(Nc3ccc(Cl)cc3)c2)CC1. The molecule has 0 radical (unpaired) electrons. The molecule has 2 aromatic rings. The van der Waals surface area contributed by atoms with Gasteiger partial charge in [0, 0.05) is 43.1 Å². The zero-order valence-electron chi connectivity index (χ0n) is 13.0. The third-order valence-corrected chi connectivity index (χ3v) is 4.12. The highest BCUT2D eigenvalue weighted by Gasteiger charge is 2.21. The lowest BCUT2D eigenvalue weighted by molar-refractivity contribution is -0.119. The van der Waals surface area contributed by atoms with Gasteiger partial charge in [-0.25, -0.2) is 0 Å². The first kappa shape index (κ1) is 16.3. The predicted molar refractivity (Wildman–Crippen MR) is 92.5 cm³/mol. The van der Waals surface area contributed by atoms with Crippen molar-refractivity contribution in [3.8, 4) is 0 Å². The van der Waals surface area contributed by atoms with E-state index < -0.39 is 0 Å². The Morgan fingerprint density at radius 1 is 1.08 bits per heavy atom. The van der Waals surface area contributed by atoms with Gasteiger partial charge in [-0.15, -0.1) is 0 Å². The lowest BCUT2D eigenvalue weighted by Gasteiger charge is -2.32. The second-order valence-corrected chi connectivity index (χ2v) is 5.96. The van der Waals surface area contributed by atoms with E-state index in [1.807, 2.05) is 12.1 Å². The first-order chi connectivity index (χ1) is 11.7. The number of amides is 2. The summed E-state index contributed by atoms with van der Waals surface area (Å²) in [4.78, 5) is 30.9. The quantitative estimate of drug-likeness (QED) is 0.865. The average molecular weight is 345 g/mol. The van der Waals surface area contributed by atoms with Gasteiger partial charge in [0.25, 0.3) is 5.91 Å². The molecule has 1 N–H and O–H groups in total. The number of nitrogens with one attached hydrogen (secondary N) is 1. The molecule has 0 saturated carbocycles. The maximum absolute atomic E-state index is 12.6. The van der Waals surface area contributed by atoms with Crippen LogP contribution < -0.4 is 5.32 Å². The number of carbonyl (C=O) groups is 2. The number of rotatable bonds is 4. The number of benzene rings is 1. The Labute approximate surface area is 145 Å². The number of pyridine rings is 1. The first-order valence-corrected chi connectivity index (χ1v) is 8.00. The van der Waals surface area contributed by atoms with Crippen LogP contribution in [0.2, 0.25) is 5.02 Å². The van der Waals surface area contributed by atoms with Gasteiger partial charge in [0.05, 0.1) is 17.4 Å². The van der Waals surface area contributed by atoms with Crippen molar-refractivity contribution < 1.29 is 9.59 Å². The van der Waals surface area contributed by atoms with E-state index in [1.165, 1.54) is 0 Å². The molecule has 0 atom stereocenters. The van der Waals surface area contributed by atoms with Crippen LogP contribution >= 0.6 is 11.6 Å². The molecule has 0 bridgehead atoms. The molecule has 24 heavy (non-hydrogen) atoms. The van der Waals surface area contributed by atoms with Crippen LogP contribution in [-0.4, -0.2) is 53.3 Å².